The van der Waals surface area contributed by atoms with E-state index >= 15 is 0 Å². The Labute approximate surface area is 196 Å². The molecule has 2 aliphatic heterocycles. The third-order valence-corrected chi connectivity index (χ3v) is 7.56. The maximum absolute atomic E-state index is 13.9. The van der Waals surface area contributed by atoms with E-state index in [0.717, 1.165) is 16.7 Å². The van der Waals surface area contributed by atoms with Crippen molar-refractivity contribution in [3.63, 3.8) is 0 Å². The molecule has 5 rings (SSSR count). The number of anilines is 3. The molecule has 1 N–H and O–H groups in total. The predicted molar refractivity (Wildman–Crippen MR) is 131 cm³/mol. The molecule has 3 amide bonds. The highest BCUT2D eigenvalue weighted by Gasteiger charge is 2.61. The molecule has 0 radical (unpaired) electrons. The van der Waals surface area contributed by atoms with Gasteiger partial charge in [0.15, 0.2) is 0 Å². The summed E-state index contributed by atoms with van der Waals surface area (Å²) in [5.41, 5.74) is 4.96. The van der Waals surface area contributed by atoms with Crippen LogP contribution < -0.4 is 15.1 Å². The molecule has 0 unspecified atom stereocenters. The van der Waals surface area contributed by atoms with Gasteiger partial charge in [-0.2, -0.15) is 0 Å². The minimum Gasteiger partial charge on any atom is -0.325 e. The van der Waals surface area contributed by atoms with Crippen molar-refractivity contribution in [2.75, 3.05) is 27.4 Å². The molecule has 1 spiro atoms. The molecule has 166 valence electrons. The lowest BCUT2D eigenvalue weighted by Gasteiger charge is -2.33. The summed E-state index contributed by atoms with van der Waals surface area (Å²) in [4.78, 5) is 41.7. The fourth-order valence-electron chi connectivity index (χ4n) is 4.45. The topological polar surface area (TPSA) is 69.7 Å². The minimum absolute atomic E-state index is 0.129. The largest absolute Gasteiger partial charge is 0.325 e. The Morgan fingerprint density at radius 3 is 2.45 bits per heavy atom. The summed E-state index contributed by atoms with van der Waals surface area (Å²) in [5.74, 6) is -0.508. The van der Waals surface area contributed by atoms with Crippen molar-refractivity contribution in [2.45, 2.75) is 18.7 Å². The van der Waals surface area contributed by atoms with E-state index in [1.807, 2.05) is 86.6 Å². The number of rotatable bonds is 4. The smallest absolute Gasteiger partial charge is 0.269 e. The van der Waals surface area contributed by atoms with Crippen LogP contribution in [0.2, 0.25) is 0 Å². The minimum atomic E-state index is -1.21. The fourth-order valence-corrected chi connectivity index (χ4v) is 5.81. The SMILES string of the molecule is Cc1ccc(NC(=O)CN2C(=O)[C@]3(SCC(=O)N3c3ccccc3)c3ccccc32)cc1C. The van der Waals surface area contributed by atoms with Crippen molar-refractivity contribution in [2.24, 2.45) is 0 Å². The van der Waals surface area contributed by atoms with Crippen molar-refractivity contribution in [3.05, 3.63) is 89.5 Å². The number of amides is 3. The van der Waals surface area contributed by atoms with Crippen LogP contribution in [-0.2, 0) is 19.3 Å². The van der Waals surface area contributed by atoms with Crippen LogP contribution in [0.4, 0.5) is 17.1 Å². The molecular weight excluding hydrogens is 434 g/mol. The third-order valence-electron chi connectivity index (χ3n) is 6.17. The Hall–Kier alpha value is -3.58. The molecule has 2 aliphatic rings. The molecule has 3 aromatic carbocycles. The number of hydrogen-bond acceptors (Lipinski definition) is 4. The first-order valence-corrected chi connectivity index (χ1v) is 11.7. The zero-order chi connectivity index (χ0) is 23.2. The lowest BCUT2D eigenvalue weighted by molar-refractivity contribution is -0.124. The number of para-hydroxylation sites is 2. The van der Waals surface area contributed by atoms with Crippen LogP contribution in [0.15, 0.2) is 72.8 Å². The number of carbonyl (C=O) groups excluding carboxylic acids is 3. The normalized spacial score (nSPS) is 19.3. The van der Waals surface area contributed by atoms with Crippen LogP contribution in [0, 0.1) is 13.8 Å². The van der Waals surface area contributed by atoms with Crippen LogP contribution in [0.3, 0.4) is 0 Å². The van der Waals surface area contributed by atoms with E-state index in [2.05, 4.69) is 5.32 Å². The molecule has 7 heteroatoms. The molecule has 2 heterocycles. The number of thioether (sulfide) groups is 1. The van der Waals surface area contributed by atoms with Crippen molar-refractivity contribution >= 4 is 46.5 Å². The van der Waals surface area contributed by atoms with Crippen molar-refractivity contribution in [1.29, 1.82) is 0 Å². The second-order valence-electron chi connectivity index (χ2n) is 8.25. The van der Waals surface area contributed by atoms with Crippen LogP contribution in [0.25, 0.3) is 0 Å². The second-order valence-corrected chi connectivity index (χ2v) is 9.42. The highest BCUT2D eigenvalue weighted by molar-refractivity contribution is 8.02. The molecule has 6 nitrogen and oxygen atoms in total. The van der Waals surface area contributed by atoms with Crippen molar-refractivity contribution in [3.8, 4) is 0 Å². The van der Waals surface area contributed by atoms with Gasteiger partial charge in [0, 0.05) is 16.9 Å². The standard InChI is InChI=1S/C26H23N3O3S/c1-17-12-13-19(14-18(17)2)27-23(30)15-28-22-11-7-6-10-21(22)26(25(28)32)29(24(31)16-33-26)20-8-4-3-5-9-20/h3-14H,15-16H2,1-2H3,(H,27,30)/t26-/m1/s1. The van der Waals surface area contributed by atoms with Crippen LogP contribution in [-0.4, -0.2) is 30.0 Å². The summed E-state index contributed by atoms with van der Waals surface area (Å²) in [6, 6.07) is 22.3. The summed E-state index contributed by atoms with van der Waals surface area (Å²) in [6.45, 7) is 3.86. The number of benzene rings is 3. The van der Waals surface area contributed by atoms with E-state index in [1.54, 1.807) is 4.90 Å². The van der Waals surface area contributed by atoms with Gasteiger partial charge in [-0.3, -0.25) is 24.2 Å². The van der Waals surface area contributed by atoms with Gasteiger partial charge in [0.2, 0.25) is 16.7 Å². The van der Waals surface area contributed by atoms with Crippen molar-refractivity contribution < 1.29 is 14.4 Å². The first-order valence-electron chi connectivity index (χ1n) is 10.7. The Morgan fingerprint density at radius 1 is 0.970 bits per heavy atom. The maximum Gasteiger partial charge on any atom is 0.269 e. The highest BCUT2D eigenvalue weighted by Crippen LogP contribution is 2.55. The fraction of sp³-hybridized carbons (Fsp3) is 0.192. The van der Waals surface area contributed by atoms with E-state index in [9.17, 15) is 14.4 Å². The summed E-state index contributed by atoms with van der Waals surface area (Å²) >= 11 is 1.31. The number of nitrogens with zero attached hydrogens (tertiary/aromatic N) is 2. The predicted octanol–water partition coefficient (Wildman–Crippen LogP) is 4.22. The molecule has 3 aromatic rings. The monoisotopic (exact) mass is 457 g/mol. The lowest BCUT2D eigenvalue weighted by atomic mass is 10.0. The molecule has 1 atom stereocenters. The van der Waals surface area contributed by atoms with Gasteiger partial charge in [0.05, 0.1) is 11.4 Å². The molecule has 0 aromatic heterocycles. The number of nitrogens with one attached hydrogen (secondary N) is 1. The summed E-state index contributed by atoms with van der Waals surface area (Å²) in [6.07, 6.45) is 0. The molecule has 0 saturated carbocycles. The van der Waals surface area contributed by atoms with Gasteiger partial charge in [-0.15, -0.1) is 11.8 Å². The number of hydrogen-bond donors (Lipinski definition) is 1. The maximum atomic E-state index is 13.9. The number of carbonyl (C=O) groups is 3. The average Bonchev–Trinajstić information content (AvgIpc) is 3.28. The van der Waals surface area contributed by atoms with Crippen LogP contribution in [0.1, 0.15) is 16.7 Å². The first kappa shape index (κ1) is 21.3. The van der Waals surface area contributed by atoms with E-state index in [1.165, 1.54) is 16.7 Å². The lowest BCUT2D eigenvalue weighted by Crippen LogP contribution is -2.50. The van der Waals surface area contributed by atoms with E-state index in [4.69, 9.17) is 0 Å². The average molecular weight is 458 g/mol. The van der Waals surface area contributed by atoms with Gasteiger partial charge in [0.25, 0.3) is 5.91 Å². The molecule has 33 heavy (non-hydrogen) atoms. The van der Waals surface area contributed by atoms with Crippen LogP contribution in [0.5, 0.6) is 0 Å². The summed E-state index contributed by atoms with van der Waals surface area (Å²) in [5, 5.41) is 2.90. The van der Waals surface area contributed by atoms with Crippen LogP contribution >= 0.6 is 11.8 Å². The zero-order valence-electron chi connectivity index (χ0n) is 18.4. The van der Waals surface area contributed by atoms with E-state index in [0.29, 0.717) is 17.1 Å². The van der Waals surface area contributed by atoms with Gasteiger partial charge in [-0.1, -0.05) is 42.5 Å². The van der Waals surface area contributed by atoms with Gasteiger partial charge >= 0.3 is 0 Å². The number of fused-ring (bicyclic) bond motifs is 2. The molecule has 1 fully saturated rings. The quantitative estimate of drug-likeness (QED) is 0.637. The second kappa shape index (κ2) is 8.08. The van der Waals surface area contributed by atoms with E-state index < -0.39 is 4.87 Å². The van der Waals surface area contributed by atoms with Gasteiger partial charge in [-0.05, 0) is 55.3 Å². The first-order chi connectivity index (χ1) is 15.9. The summed E-state index contributed by atoms with van der Waals surface area (Å²) < 4.78 is 0. The molecule has 0 aliphatic carbocycles. The molecule has 1 saturated heterocycles. The van der Waals surface area contributed by atoms with Crippen molar-refractivity contribution in [1.82, 2.24) is 0 Å². The third kappa shape index (κ3) is 3.40. The molecular formula is C26H23N3O3S. The number of aryl methyl sites for hydroxylation is 2. The molecule has 0 bridgehead atoms. The highest BCUT2D eigenvalue weighted by atomic mass is 32.2. The zero-order valence-corrected chi connectivity index (χ0v) is 19.2. The van der Waals surface area contributed by atoms with Gasteiger partial charge < -0.3 is 5.32 Å². The van der Waals surface area contributed by atoms with Gasteiger partial charge in [0.1, 0.15) is 6.54 Å². The Morgan fingerprint density at radius 2 is 1.70 bits per heavy atom. The Balaban J connectivity index is 1.49. The summed E-state index contributed by atoms with van der Waals surface area (Å²) in [7, 11) is 0. The Kier molecular flexibility index (Phi) is 5.21. The van der Waals surface area contributed by atoms with Gasteiger partial charge in [-0.25, -0.2) is 0 Å². The Bertz CT molecular complexity index is 1280. The van der Waals surface area contributed by atoms with E-state index in [-0.39, 0.29) is 30.0 Å².